The van der Waals surface area contributed by atoms with Gasteiger partial charge in [0.2, 0.25) is 25.7 Å². The Kier molecular flexibility index (Phi) is 4.34. The van der Waals surface area contributed by atoms with Crippen LogP contribution < -0.4 is 15.2 Å². The maximum Gasteiger partial charge on any atom is 0.249 e. The van der Waals surface area contributed by atoms with Gasteiger partial charge in [0.15, 0.2) is 17.1 Å². The Labute approximate surface area is 137 Å². The van der Waals surface area contributed by atoms with Crippen molar-refractivity contribution in [1.82, 2.24) is 0 Å². The van der Waals surface area contributed by atoms with Gasteiger partial charge in [0, 0.05) is 5.56 Å². The second-order valence-electron chi connectivity index (χ2n) is 6.44. The summed E-state index contributed by atoms with van der Waals surface area (Å²) in [4.78, 5) is 12.8. The lowest BCUT2D eigenvalue weighted by atomic mass is 9.91. The number of carbonyl (C=O) groups is 1. The number of hydrogen-bond acceptors (Lipinski definition) is 6. The number of hydrogen-bond donors (Lipinski definition) is 1. The maximum absolute atomic E-state index is 12.8. The van der Waals surface area contributed by atoms with E-state index < -0.39 is 13.9 Å². The predicted molar refractivity (Wildman–Crippen MR) is 88.6 cm³/mol. The fourth-order valence-corrected chi connectivity index (χ4v) is 3.17. The molecule has 0 amide bonds. The van der Waals surface area contributed by atoms with Gasteiger partial charge in [-0.15, -0.1) is 0 Å². The molecule has 2 rings (SSSR count). The summed E-state index contributed by atoms with van der Waals surface area (Å²) in [6.07, 6.45) is 0. The molecule has 1 aromatic carbocycles. The zero-order chi connectivity index (χ0) is 17.4. The van der Waals surface area contributed by atoms with Gasteiger partial charge in [-0.2, -0.15) is 0 Å². The Balaban J connectivity index is 2.40. The topological polar surface area (TPSA) is 80.0 Å². The SMILES string of the molecule is COc1ccc(C2(C)OC(N)=C(O[Si](C)(C)C)C2=O)cc1OC. The Morgan fingerprint density at radius 3 is 2.26 bits per heavy atom. The molecule has 0 saturated heterocycles. The molecule has 1 aliphatic heterocycles. The summed E-state index contributed by atoms with van der Waals surface area (Å²) in [5.41, 5.74) is 5.28. The molecule has 1 atom stereocenters. The quantitative estimate of drug-likeness (QED) is 0.832. The van der Waals surface area contributed by atoms with Crippen LogP contribution >= 0.6 is 0 Å². The van der Waals surface area contributed by atoms with Crippen LogP contribution in [0.5, 0.6) is 11.5 Å². The molecule has 2 N–H and O–H groups in total. The van der Waals surface area contributed by atoms with Crippen molar-refractivity contribution in [3.05, 3.63) is 35.4 Å². The second-order valence-corrected chi connectivity index (χ2v) is 10.9. The molecule has 1 aliphatic rings. The highest BCUT2D eigenvalue weighted by Gasteiger charge is 2.49. The number of carbonyl (C=O) groups excluding carboxylic acids is 1. The van der Waals surface area contributed by atoms with Gasteiger partial charge in [-0.05, 0) is 38.7 Å². The molecule has 0 aromatic heterocycles. The first-order valence-electron chi connectivity index (χ1n) is 7.27. The average molecular weight is 337 g/mol. The average Bonchev–Trinajstić information content (AvgIpc) is 2.69. The molecule has 0 radical (unpaired) electrons. The largest absolute Gasteiger partial charge is 0.538 e. The van der Waals surface area contributed by atoms with Crippen molar-refractivity contribution < 1.29 is 23.4 Å². The Morgan fingerprint density at radius 2 is 1.74 bits per heavy atom. The molecule has 7 heteroatoms. The molecule has 1 aromatic rings. The van der Waals surface area contributed by atoms with E-state index in [2.05, 4.69) is 0 Å². The summed E-state index contributed by atoms with van der Waals surface area (Å²) in [5, 5.41) is 0. The lowest BCUT2D eigenvalue weighted by Gasteiger charge is -2.24. The normalized spacial score (nSPS) is 21.2. The minimum absolute atomic E-state index is 0.0229. The Hall–Kier alpha value is -2.15. The maximum atomic E-state index is 12.8. The lowest BCUT2D eigenvalue weighted by Crippen LogP contribution is -2.34. The number of benzene rings is 1. The molecule has 1 heterocycles. The van der Waals surface area contributed by atoms with Crippen LogP contribution in [-0.2, 0) is 19.6 Å². The van der Waals surface area contributed by atoms with Crippen molar-refractivity contribution in [2.45, 2.75) is 32.2 Å². The first-order valence-corrected chi connectivity index (χ1v) is 10.7. The van der Waals surface area contributed by atoms with Crippen molar-refractivity contribution in [2.75, 3.05) is 14.2 Å². The monoisotopic (exact) mass is 337 g/mol. The van der Waals surface area contributed by atoms with Crippen LogP contribution in [0.15, 0.2) is 29.8 Å². The molecule has 1 unspecified atom stereocenters. The first-order chi connectivity index (χ1) is 10.6. The van der Waals surface area contributed by atoms with Gasteiger partial charge in [-0.25, -0.2) is 0 Å². The molecule has 0 fully saturated rings. The number of Topliss-reactive ketones (excluding diaryl/α,β-unsaturated/α-hetero) is 1. The Morgan fingerprint density at radius 1 is 1.13 bits per heavy atom. The smallest absolute Gasteiger partial charge is 0.249 e. The van der Waals surface area contributed by atoms with E-state index in [9.17, 15) is 4.79 Å². The standard InChI is InChI=1S/C16H23NO5Si/c1-16(10-7-8-11(19-2)12(9-10)20-3)14(18)13(15(17)21-16)22-23(4,5)6/h7-9H,17H2,1-6H3. The van der Waals surface area contributed by atoms with Crippen LogP contribution in [0.25, 0.3) is 0 Å². The van der Waals surface area contributed by atoms with E-state index >= 15 is 0 Å². The first kappa shape index (κ1) is 17.2. The molecule has 0 aliphatic carbocycles. The summed E-state index contributed by atoms with van der Waals surface area (Å²) in [7, 11) is 1.10. The minimum Gasteiger partial charge on any atom is -0.538 e. The molecular formula is C16H23NO5Si. The molecule has 0 bridgehead atoms. The van der Waals surface area contributed by atoms with Crippen LogP contribution in [-0.4, -0.2) is 28.3 Å². The van der Waals surface area contributed by atoms with E-state index in [1.165, 1.54) is 7.11 Å². The van der Waals surface area contributed by atoms with E-state index in [4.69, 9.17) is 24.4 Å². The van der Waals surface area contributed by atoms with E-state index in [0.29, 0.717) is 17.1 Å². The van der Waals surface area contributed by atoms with Crippen LogP contribution in [0.2, 0.25) is 19.6 Å². The van der Waals surface area contributed by atoms with E-state index in [0.717, 1.165) is 0 Å². The number of nitrogens with two attached hydrogens (primary N) is 1. The zero-order valence-electron chi connectivity index (χ0n) is 14.4. The molecule has 23 heavy (non-hydrogen) atoms. The summed E-state index contributed by atoms with van der Waals surface area (Å²) in [6.45, 7) is 7.61. The molecular weight excluding hydrogens is 314 g/mol. The van der Waals surface area contributed by atoms with Crippen LogP contribution in [0, 0.1) is 0 Å². The molecule has 0 saturated carbocycles. The molecule has 0 spiro atoms. The third-order valence-corrected chi connectivity index (χ3v) is 4.34. The highest BCUT2D eigenvalue weighted by molar-refractivity contribution is 6.70. The third-order valence-electron chi connectivity index (χ3n) is 3.52. The predicted octanol–water partition coefficient (Wildman–Crippen LogP) is 2.50. The van der Waals surface area contributed by atoms with Gasteiger partial charge in [0.05, 0.1) is 14.2 Å². The van der Waals surface area contributed by atoms with Crippen molar-refractivity contribution in [3.63, 3.8) is 0 Å². The highest BCUT2D eigenvalue weighted by Crippen LogP contribution is 2.41. The lowest BCUT2D eigenvalue weighted by molar-refractivity contribution is -0.131. The van der Waals surface area contributed by atoms with Crippen LogP contribution in [0.1, 0.15) is 12.5 Å². The summed E-state index contributed by atoms with van der Waals surface area (Å²) < 4.78 is 22.0. The molecule has 6 nitrogen and oxygen atoms in total. The van der Waals surface area contributed by atoms with Crippen LogP contribution in [0.3, 0.4) is 0 Å². The zero-order valence-corrected chi connectivity index (χ0v) is 15.4. The fourth-order valence-electron chi connectivity index (χ4n) is 2.37. The van der Waals surface area contributed by atoms with Gasteiger partial charge in [0.25, 0.3) is 0 Å². The molecule has 126 valence electrons. The summed E-state index contributed by atoms with van der Waals surface area (Å²) in [6, 6.07) is 5.19. The summed E-state index contributed by atoms with van der Waals surface area (Å²) in [5.74, 6) is 0.936. The number of ketones is 1. The number of rotatable bonds is 5. The van der Waals surface area contributed by atoms with E-state index in [1.807, 2.05) is 19.6 Å². The number of methoxy groups -OCH3 is 2. The van der Waals surface area contributed by atoms with Crippen molar-refractivity contribution in [3.8, 4) is 11.5 Å². The fraction of sp³-hybridized carbons (Fsp3) is 0.438. The van der Waals surface area contributed by atoms with E-state index in [1.54, 1.807) is 32.2 Å². The third kappa shape index (κ3) is 3.14. The Bertz CT molecular complexity index is 665. The van der Waals surface area contributed by atoms with Crippen molar-refractivity contribution in [2.24, 2.45) is 5.73 Å². The highest BCUT2D eigenvalue weighted by atomic mass is 28.4. The van der Waals surface area contributed by atoms with Gasteiger partial charge < -0.3 is 24.4 Å². The van der Waals surface area contributed by atoms with Crippen molar-refractivity contribution >= 4 is 14.1 Å². The second kappa shape index (κ2) is 5.81. The van der Waals surface area contributed by atoms with Crippen LogP contribution in [0.4, 0.5) is 0 Å². The van der Waals surface area contributed by atoms with Gasteiger partial charge in [-0.3, -0.25) is 4.79 Å². The van der Waals surface area contributed by atoms with E-state index in [-0.39, 0.29) is 17.4 Å². The summed E-state index contributed by atoms with van der Waals surface area (Å²) >= 11 is 0. The van der Waals surface area contributed by atoms with Gasteiger partial charge in [0.1, 0.15) is 0 Å². The minimum atomic E-state index is -1.99. The van der Waals surface area contributed by atoms with Gasteiger partial charge in [-0.1, -0.05) is 6.07 Å². The van der Waals surface area contributed by atoms with Gasteiger partial charge >= 0.3 is 0 Å². The van der Waals surface area contributed by atoms with Crippen molar-refractivity contribution in [1.29, 1.82) is 0 Å². The number of ether oxygens (including phenoxy) is 3.